The lowest BCUT2D eigenvalue weighted by atomic mass is 9.65. The summed E-state index contributed by atoms with van der Waals surface area (Å²) in [5.41, 5.74) is 1.46. The van der Waals surface area contributed by atoms with E-state index in [0.29, 0.717) is 31.1 Å². The molecule has 2 bridgehead atoms. The second-order valence-electron chi connectivity index (χ2n) is 12.9. The van der Waals surface area contributed by atoms with Gasteiger partial charge >= 0.3 is 0 Å². The lowest BCUT2D eigenvalue weighted by Gasteiger charge is -2.42. The number of thioether (sulfide) groups is 1. The van der Waals surface area contributed by atoms with E-state index >= 15 is 0 Å². The Morgan fingerprint density at radius 3 is 2.38 bits per heavy atom. The SMILES string of the molecule is C=CCN(CCCCC)C(=O)C1N([C@H](CO)c2ccccc2)C(=O)[C@@H]2[C@@H](C(=O)N(CC=C)c3ccc(OCC)cc3)[C@H]3CC(C)C12S3. The molecule has 2 aromatic carbocycles. The molecule has 5 rings (SSSR count). The summed E-state index contributed by atoms with van der Waals surface area (Å²) in [7, 11) is 0. The second kappa shape index (κ2) is 15.1. The van der Waals surface area contributed by atoms with Crippen molar-refractivity contribution in [1.29, 1.82) is 0 Å². The van der Waals surface area contributed by atoms with Crippen molar-refractivity contribution in [2.45, 2.75) is 68.5 Å². The molecule has 252 valence electrons. The predicted molar refractivity (Wildman–Crippen MR) is 188 cm³/mol. The third-order valence-corrected chi connectivity index (χ3v) is 12.2. The molecule has 3 aliphatic heterocycles. The molecule has 7 atom stereocenters. The molecule has 1 N–H and O–H groups in total. The van der Waals surface area contributed by atoms with Crippen LogP contribution >= 0.6 is 11.8 Å². The largest absolute Gasteiger partial charge is 0.494 e. The van der Waals surface area contributed by atoms with Crippen LogP contribution < -0.4 is 9.64 Å². The molecule has 3 fully saturated rings. The van der Waals surface area contributed by atoms with Crippen molar-refractivity contribution in [2.24, 2.45) is 17.8 Å². The molecule has 0 radical (unpaired) electrons. The first-order valence-electron chi connectivity index (χ1n) is 17.0. The van der Waals surface area contributed by atoms with Gasteiger partial charge in [-0.3, -0.25) is 14.4 Å². The maximum absolute atomic E-state index is 15.0. The molecular weight excluding hydrogens is 611 g/mol. The zero-order chi connectivity index (χ0) is 33.7. The lowest BCUT2D eigenvalue weighted by molar-refractivity contribution is -0.145. The number of carbonyl (C=O) groups excluding carboxylic acids is 3. The summed E-state index contributed by atoms with van der Waals surface area (Å²) < 4.78 is 4.81. The first kappa shape index (κ1) is 34.8. The Morgan fingerprint density at radius 1 is 1.06 bits per heavy atom. The Kier molecular flexibility index (Phi) is 11.2. The van der Waals surface area contributed by atoms with E-state index in [2.05, 4.69) is 27.0 Å². The minimum absolute atomic E-state index is 0.00381. The van der Waals surface area contributed by atoms with Crippen LogP contribution in [0.15, 0.2) is 79.9 Å². The topological polar surface area (TPSA) is 90.4 Å². The number of amides is 3. The van der Waals surface area contributed by atoms with E-state index in [0.717, 1.165) is 31.2 Å². The van der Waals surface area contributed by atoms with E-state index in [-0.39, 0.29) is 42.0 Å². The number of hydrogen-bond donors (Lipinski definition) is 1. The van der Waals surface area contributed by atoms with Crippen LogP contribution in [0.25, 0.3) is 0 Å². The van der Waals surface area contributed by atoms with Gasteiger partial charge in [-0.05, 0) is 55.5 Å². The molecule has 3 amide bonds. The van der Waals surface area contributed by atoms with Crippen LogP contribution in [0, 0.1) is 17.8 Å². The van der Waals surface area contributed by atoms with E-state index in [1.54, 1.807) is 33.7 Å². The Bertz CT molecular complexity index is 1430. The number of carbonyl (C=O) groups is 3. The van der Waals surface area contributed by atoms with Gasteiger partial charge in [0.15, 0.2) is 0 Å². The van der Waals surface area contributed by atoms with E-state index in [9.17, 15) is 19.5 Å². The smallest absolute Gasteiger partial charge is 0.247 e. The normalized spacial score (nSPS) is 26.5. The van der Waals surface area contributed by atoms with E-state index in [4.69, 9.17) is 4.74 Å². The minimum atomic E-state index is -0.833. The fraction of sp³-hybridized carbons (Fsp3) is 0.500. The molecule has 0 aromatic heterocycles. The number of benzene rings is 2. The van der Waals surface area contributed by atoms with Crippen LogP contribution in [0.5, 0.6) is 5.75 Å². The van der Waals surface area contributed by atoms with Crippen molar-refractivity contribution in [3.63, 3.8) is 0 Å². The van der Waals surface area contributed by atoms with Gasteiger partial charge in [-0.15, -0.1) is 24.9 Å². The first-order chi connectivity index (χ1) is 22.8. The van der Waals surface area contributed by atoms with Gasteiger partial charge in [0.1, 0.15) is 11.8 Å². The maximum Gasteiger partial charge on any atom is 0.247 e. The number of rotatable bonds is 16. The van der Waals surface area contributed by atoms with Gasteiger partial charge in [0.05, 0.1) is 35.8 Å². The second-order valence-corrected chi connectivity index (χ2v) is 14.4. The highest BCUT2D eigenvalue weighted by atomic mass is 32.2. The summed E-state index contributed by atoms with van der Waals surface area (Å²) in [5.74, 6) is -1.12. The number of anilines is 1. The van der Waals surface area contributed by atoms with Crippen molar-refractivity contribution in [1.82, 2.24) is 9.80 Å². The Hall–Kier alpha value is -3.56. The molecule has 1 spiro atoms. The summed E-state index contributed by atoms with van der Waals surface area (Å²) in [5, 5.41) is 10.8. The maximum atomic E-state index is 15.0. The zero-order valence-electron chi connectivity index (χ0n) is 27.9. The number of hydrogen-bond acceptors (Lipinski definition) is 6. The Morgan fingerprint density at radius 2 is 1.77 bits per heavy atom. The third kappa shape index (κ3) is 6.24. The van der Waals surface area contributed by atoms with Gasteiger partial charge in [-0.2, -0.15) is 0 Å². The fourth-order valence-electron chi connectivity index (χ4n) is 8.08. The van der Waals surface area contributed by atoms with Crippen LogP contribution in [-0.4, -0.2) is 81.5 Å². The Balaban J connectivity index is 1.60. The number of fused-ring (bicyclic) bond motifs is 1. The third-order valence-electron chi connectivity index (χ3n) is 10.1. The van der Waals surface area contributed by atoms with E-state index in [1.165, 1.54) is 0 Å². The summed E-state index contributed by atoms with van der Waals surface area (Å²) in [6, 6.07) is 15.3. The number of unbranched alkanes of at least 4 members (excludes halogenated alkanes) is 2. The van der Waals surface area contributed by atoms with E-state index < -0.39 is 28.7 Å². The molecule has 3 aliphatic rings. The monoisotopic (exact) mass is 659 g/mol. The molecule has 2 aromatic rings. The minimum Gasteiger partial charge on any atom is -0.494 e. The number of aliphatic hydroxyl groups is 1. The molecule has 0 aliphatic carbocycles. The fourth-order valence-corrected chi connectivity index (χ4v) is 10.5. The van der Waals surface area contributed by atoms with Crippen molar-refractivity contribution < 1.29 is 24.2 Å². The van der Waals surface area contributed by atoms with Crippen LogP contribution in [0.4, 0.5) is 5.69 Å². The quantitative estimate of drug-likeness (QED) is 0.179. The van der Waals surface area contributed by atoms with E-state index in [1.807, 2.05) is 66.4 Å². The van der Waals surface area contributed by atoms with Gasteiger partial charge in [-0.25, -0.2) is 0 Å². The molecule has 9 heteroatoms. The predicted octanol–water partition coefficient (Wildman–Crippen LogP) is 5.88. The molecule has 47 heavy (non-hydrogen) atoms. The van der Waals surface area contributed by atoms with Crippen LogP contribution in [0.2, 0.25) is 0 Å². The average Bonchev–Trinajstić information content (AvgIpc) is 3.68. The first-order valence-corrected chi connectivity index (χ1v) is 17.9. The summed E-state index contributed by atoms with van der Waals surface area (Å²) >= 11 is 1.65. The van der Waals surface area contributed by atoms with Gasteiger partial charge in [0.2, 0.25) is 17.7 Å². The van der Waals surface area contributed by atoms with Crippen LogP contribution in [0.3, 0.4) is 0 Å². The average molecular weight is 660 g/mol. The highest BCUT2D eigenvalue weighted by Crippen LogP contribution is 2.69. The highest BCUT2D eigenvalue weighted by Gasteiger charge is 2.77. The highest BCUT2D eigenvalue weighted by molar-refractivity contribution is 8.02. The van der Waals surface area contributed by atoms with Gasteiger partial charge in [0.25, 0.3) is 0 Å². The zero-order valence-corrected chi connectivity index (χ0v) is 28.7. The van der Waals surface area contributed by atoms with Gasteiger partial charge in [-0.1, -0.05) is 69.2 Å². The standard InChI is InChI=1S/C38H49N3O5S/c1-6-10-14-23-39(21-7-2)37(45)34-38-26(5)24-31(47-38)32(33(38)36(44)41(34)30(25-42)27-15-12-11-13-16-27)35(43)40(22-8-3)28-17-19-29(20-18-28)46-9-4/h7-8,11-13,15-20,26,30-34,42H,2-3,6,9-10,14,21-25H2,1,4-5H3/t26?,30-,31-,32+,33+,34?,38?/m1/s1. The van der Waals surface area contributed by atoms with Crippen molar-refractivity contribution in [2.75, 3.05) is 37.7 Å². The molecule has 8 nitrogen and oxygen atoms in total. The molecular formula is C38H49N3O5S. The summed E-state index contributed by atoms with van der Waals surface area (Å²) in [6.07, 6.45) is 7.01. The molecule has 3 unspecified atom stereocenters. The van der Waals surface area contributed by atoms with Crippen molar-refractivity contribution >= 4 is 35.2 Å². The van der Waals surface area contributed by atoms with Crippen LogP contribution in [0.1, 0.15) is 58.1 Å². The van der Waals surface area contributed by atoms with Crippen LogP contribution in [-0.2, 0) is 14.4 Å². The number of likely N-dealkylation sites (tertiary alicyclic amines) is 1. The van der Waals surface area contributed by atoms with Gasteiger partial charge in [0, 0.05) is 30.6 Å². The number of ether oxygens (including phenoxy) is 1. The number of nitrogens with zero attached hydrogens (tertiary/aromatic N) is 3. The van der Waals surface area contributed by atoms with Crippen molar-refractivity contribution in [3.05, 3.63) is 85.5 Å². The molecule has 3 saturated heterocycles. The number of aliphatic hydroxyl groups excluding tert-OH is 1. The summed E-state index contributed by atoms with van der Waals surface area (Å²) in [4.78, 5) is 49.8. The molecule has 3 heterocycles. The lowest BCUT2D eigenvalue weighted by Crippen LogP contribution is -2.58. The van der Waals surface area contributed by atoms with Gasteiger partial charge < -0.3 is 24.5 Å². The molecule has 0 saturated carbocycles. The summed E-state index contributed by atoms with van der Waals surface area (Å²) in [6.45, 7) is 15.4. The van der Waals surface area contributed by atoms with Crippen molar-refractivity contribution in [3.8, 4) is 5.75 Å². The Labute approximate surface area is 283 Å².